The van der Waals surface area contributed by atoms with Gasteiger partial charge in [0.15, 0.2) is 5.76 Å². The first kappa shape index (κ1) is 14.5. The van der Waals surface area contributed by atoms with Crippen LogP contribution in [0.25, 0.3) is 0 Å². The summed E-state index contributed by atoms with van der Waals surface area (Å²) in [7, 11) is -3.54. The Balaban J connectivity index is 2.10. The predicted molar refractivity (Wildman–Crippen MR) is 71.4 cm³/mol. The summed E-state index contributed by atoms with van der Waals surface area (Å²) in [5.74, 6) is 0.334. The summed E-state index contributed by atoms with van der Waals surface area (Å²) in [6.07, 6.45) is 1.94. The molecule has 6 nitrogen and oxygen atoms in total. The molecule has 2 rings (SSSR count). The van der Waals surface area contributed by atoms with Gasteiger partial charge in [-0.05, 0) is 45.2 Å². The van der Waals surface area contributed by atoms with Gasteiger partial charge in [-0.25, -0.2) is 13.1 Å². The topological polar surface area (TPSA) is 84.2 Å². The van der Waals surface area contributed by atoms with Crippen molar-refractivity contribution in [3.8, 4) is 0 Å². The number of nitrogens with one attached hydrogen (secondary N) is 2. The van der Waals surface area contributed by atoms with Crippen molar-refractivity contribution in [2.45, 2.75) is 38.5 Å². The van der Waals surface area contributed by atoms with E-state index in [1.807, 2.05) is 0 Å². The zero-order chi connectivity index (χ0) is 14.1. The zero-order valence-corrected chi connectivity index (χ0v) is 12.4. The van der Waals surface area contributed by atoms with Gasteiger partial charge >= 0.3 is 0 Å². The second-order valence-electron chi connectivity index (χ2n) is 5.54. The quantitative estimate of drug-likeness (QED) is 0.861. The van der Waals surface area contributed by atoms with Gasteiger partial charge in [-0.3, -0.25) is 0 Å². The SMILES string of the molecule is Cc1noc(C)c1S(=O)(=O)NCC1(C)CCNCC1. The van der Waals surface area contributed by atoms with E-state index in [1.54, 1.807) is 13.8 Å². The Labute approximate surface area is 114 Å². The van der Waals surface area contributed by atoms with Gasteiger partial charge in [0.05, 0.1) is 0 Å². The number of nitrogens with zero attached hydrogens (tertiary/aromatic N) is 1. The lowest BCUT2D eigenvalue weighted by atomic mass is 9.81. The van der Waals surface area contributed by atoms with Crippen LogP contribution in [0, 0.1) is 19.3 Å². The fraction of sp³-hybridized carbons (Fsp3) is 0.750. The van der Waals surface area contributed by atoms with E-state index in [2.05, 4.69) is 22.1 Å². The van der Waals surface area contributed by atoms with Crippen LogP contribution < -0.4 is 10.0 Å². The number of piperidine rings is 1. The Morgan fingerprint density at radius 3 is 2.53 bits per heavy atom. The third-order valence-electron chi connectivity index (χ3n) is 3.74. The van der Waals surface area contributed by atoms with Crippen molar-refractivity contribution >= 4 is 10.0 Å². The Bertz CT molecular complexity index is 525. The summed E-state index contributed by atoms with van der Waals surface area (Å²) in [5.41, 5.74) is 0.414. The van der Waals surface area contributed by atoms with Gasteiger partial charge < -0.3 is 9.84 Å². The van der Waals surface area contributed by atoms with E-state index in [-0.39, 0.29) is 10.3 Å². The number of hydrogen-bond donors (Lipinski definition) is 2. The van der Waals surface area contributed by atoms with Crippen LogP contribution >= 0.6 is 0 Å². The van der Waals surface area contributed by atoms with Gasteiger partial charge in [-0.2, -0.15) is 0 Å². The van der Waals surface area contributed by atoms with Crippen LogP contribution in [0.1, 0.15) is 31.2 Å². The predicted octanol–water partition coefficient (Wildman–Crippen LogP) is 0.959. The molecule has 2 N–H and O–H groups in total. The molecule has 0 aromatic carbocycles. The van der Waals surface area contributed by atoms with E-state index in [0.29, 0.717) is 18.0 Å². The number of rotatable bonds is 4. The van der Waals surface area contributed by atoms with Gasteiger partial charge in [0, 0.05) is 6.54 Å². The molecule has 0 saturated carbocycles. The normalized spacial score (nSPS) is 19.5. The molecular weight excluding hydrogens is 266 g/mol. The lowest BCUT2D eigenvalue weighted by Crippen LogP contribution is -2.43. The zero-order valence-electron chi connectivity index (χ0n) is 11.6. The lowest BCUT2D eigenvalue weighted by Gasteiger charge is -2.34. The summed E-state index contributed by atoms with van der Waals surface area (Å²) in [6, 6.07) is 0. The Morgan fingerprint density at radius 1 is 1.37 bits per heavy atom. The van der Waals surface area contributed by atoms with Crippen molar-refractivity contribution in [1.82, 2.24) is 15.2 Å². The molecule has 0 aliphatic carbocycles. The fourth-order valence-electron chi connectivity index (χ4n) is 2.41. The summed E-state index contributed by atoms with van der Waals surface area (Å²) < 4.78 is 32.2. The molecule has 2 heterocycles. The van der Waals surface area contributed by atoms with Crippen molar-refractivity contribution in [2.24, 2.45) is 5.41 Å². The molecule has 0 unspecified atom stereocenters. The first-order valence-electron chi connectivity index (χ1n) is 6.47. The highest BCUT2D eigenvalue weighted by molar-refractivity contribution is 7.89. The van der Waals surface area contributed by atoms with Gasteiger partial charge in [0.1, 0.15) is 10.6 Å². The number of aromatic nitrogens is 1. The third-order valence-corrected chi connectivity index (χ3v) is 5.38. The standard InChI is InChI=1S/C12H21N3O3S/c1-9-11(10(2)18-15-9)19(16,17)14-8-12(3)4-6-13-7-5-12/h13-14H,4-8H2,1-3H3. The van der Waals surface area contributed by atoms with Crippen molar-refractivity contribution in [1.29, 1.82) is 0 Å². The average molecular weight is 287 g/mol. The minimum Gasteiger partial charge on any atom is -0.360 e. The van der Waals surface area contributed by atoms with E-state index >= 15 is 0 Å². The van der Waals surface area contributed by atoms with Gasteiger partial charge in [-0.1, -0.05) is 12.1 Å². The first-order chi connectivity index (χ1) is 8.84. The number of sulfonamides is 1. The molecule has 19 heavy (non-hydrogen) atoms. The van der Waals surface area contributed by atoms with E-state index in [4.69, 9.17) is 4.52 Å². The minimum absolute atomic E-state index is 0.0112. The molecule has 1 fully saturated rings. The lowest BCUT2D eigenvalue weighted by molar-refractivity contribution is 0.232. The second kappa shape index (κ2) is 5.22. The average Bonchev–Trinajstić information content (AvgIpc) is 2.68. The summed E-state index contributed by atoms with van der Waals surface area (Å²) in [5, 5.41) is 6.97. The van der Waals surface area contributed by atoms with Crippen molar-refractivity contribution < 1.29 is 12.9 Å². The van der Waals surface area contributed by atoms with Crippen molar-refractivity contribution in [3.63, 3.8) is 0 Å². The van der Waals surface area contributed by atoms with Crippen LogP contribution in [0.2, 0.25) is 0 Å². The van der Waals surface area contributed by atoms with Crippen LogP contribution in [-0.4, -0.2) is 33.2 Å². The molecule has 1 aliphatic rings. The maximum Gasteiger partial charge on any atom is 0.245 e. The van der Waals surface area contributed by atoms with Crippen LogP contribution in [0.3, 0.4) is 0 Å². The maximum atomic E-state index is 12.3. The largest absolute Gasteiger partial charge is 0.360 e. The van der Waals surface area contributed by atoms with E-state index in [0.717, 1.165) is 25.9 Å². The monoisotopic (exact) mass is 287 g/mol. The second-order valence-corrected chi connectivity index (χ2v) is 7.24. The molecule has 0 atom stereocenters. The van der Waals surface area contributed by atoms with Crippen LogP contribution in [0.15, 0.2) is 9.42 Å². The van der Waals surface area contributed by atoms with Gasteiger partial charge in [-0.15, -0.1) is 0 Å². The van der Waals surface area contributed by atoms with Crippen LogP contribution in [0.4, 0.5) is 0 Å². The fourth-order valence-corrected chi connectivity index (χ4v) is 3.93. The first-order valence-corrected chi connectivity index (χ1v) is 7.96. The minimum atomic E-state index is -3.54. The molecular formula is C12H21N3O3S. The third kappa shape index (κ3) is 3.16. The maximum absolute atomic E-state index is 12.3. The highest BCUT2D eigenvalue weighted by Crippen LogP contribution is 2.28. The van der Waals surface area contributed by atoms with E-state index in [1.165, 1.54) is 0 Å². The van der Waals surface area contributed by atoms with Gasteiger partial charge in [0.25, 0.3) is 0 Å². The molecule has 1 saturated heterocycles. The molecule has 0 radical (unpaired) electrons. The van der Waals surface area contributed by atoms with Crippen LogP contribution in [0.5, 0.6) is 0 Å². The van der Waals surface area contributed by atoms with Crippen LogP contribution in [-0.2, 0) is 10.0 Å². The molecule has 1 aromatic rings. The summed E-state index contributed by atoms with van der Waals surface area (Å²) in [4.78, 5) is 0.171. The Hall–Kier alpha value is -0.920. The smallest absolute Gasteiger partial charge is 0.245 e. The molecule has 1 aliphatic heterocycles. The molecule has 108 valence electrons. The summed E-state index contributed by atoms with van der Waals surface area (Å²) >= 11 is 0. The molecule has 0 bridgehead atoms. The molecule has 0 amide bonds. The Kier molecular flexibility index (Phi) is 3.98. The van der Waals surface area contributed by atoms with Crippen molar-refractivity contribution in [2.75, 3.05) is 19.6 Å². The van der Waals surface area contributed by atoms with E-state index < -0.39 is 10.0 Å². The summed E-state index contributed by atoms with van der Waals surface area (Å²) in [6.45, 7) is 7.68. The number of hydrogen-bond acceptors (Lipinski definition) is 5. The highest BCUT2D eigenvalue weighted by atomic mass is 32.2. The highest BCUT2D eigenvalue weighted by Gasteiger charge is 2.30. The molecule has 1 aromatic heterocycles. The Morgan fingerprint density at radius 2 is 2.00 bits per heavy atom. The van der Waals surface area contributed by atoms with Gasteiger partial charge in [0.2, 0.25) is 10.0 Å². The van der Waals surface area contributed by atoms with Crippen molar-refractivity contribution in [3.05, 3.63) is 11.5 Å². The molecule has 0 spiro atoms. The van der Waals surface area contributed by atoms with E-state index in [9.17, 15) is 8.42 Å². The number of aryl methyl sites for hydroxylation is 2. The molecule has 7 heteroatoms.